The van der Waals surface area contributed by atoms with E-state index in [1.165, 1.54) is 32.4 Å². The number of likely N-dealkylation sites (N-methyl/N-ethyl adjacent to an activating group) is 1. The summed E-state index contributed by atoms with van der Waals surface area (Å²) in [4.78, 5) is 5.31. The topological polar surface area (TPSA) is 41.7 Å². The fraction of sp³-hybridized carbons (Fsp3) is 1.00. The standard InChI is InChI=1S/C15H29N3O/c1-3-19-14-8-15(9-14,11-16)18-7-6-12-4-5-13(10-18)17(12)2/h12-14H,3-11,16H2,1-2H3. The van der Waals surface area contributed by atoms with Crippen molar-refractivity contribution in [2.45, 2.75) is 62.8 Å². The fourth-order valence-electron chi connectivity index (χ4n) is 4.43. The van der Waals surface area contributed by atoms with Crippen LogP contribution in [0, 0.1) is 0 Å². The molecule has 3 fully saturated rings. The van der Waals surface area contributed by atoms with E-state index in [4.69, 9.17) is 10.5 Å². The lowest BCUT2D eigenvalue weighted by molar-refractivity contribution is -0.102. The summed E-state index contributed by atoms with van der Waals surface area (Å²) in [6.07, 6.45) is 6.80. The van der Waals surface area contributed by atoms with Crippen LogP contribution in [0.2, 0.25) is 0 Å². The van der Waals surface area contributed by atoms with Crippen LogP contribution in [0.3, 0.4) is 0 Å². The molecule has 2 bridgehead atoms. The molecule has 3 rings (SSSR count). The average molecular weight is 267 g/mol. The summed E-state index contributed by atoms with van der Waals surface area (Å²) in [7, 11) is 2.31. The Labute approximate surface area is 117 Å². The van der Waals surface area contributed by atoms with Crippen LogP contribution in [0.4, 0.5) is 0 Å². The Hall–Kier alpha value is -0.160. The summed E-state index contributed by atoms with van der Waals surface area (Å²) < 4.78 is 5.75. The maximum Gasteiger partial charge on any atom is 0.0611 e. The molecule has 0 amide bonds. The minimum Gasteiger partial charge on any atom is -0.378 e. The van der Waals surface area contributed by atoms with Gasteiger partial charge in [0.25, 0.3) is 0 Å². The van der Waals surface area contributed by atoms with E-state index in [1.807, 2.05) is 0 Å². The zero-order chi connectivity index (χ0) is 13.5. The van der Waals surface area contributed by atoms with Gasteiger partial charge in [0, 0.05) is 43.9 Å². The Morgan fingerprint density at radius 1 is 1.21 bits per heavy atom. The van der Waals surface area contributed by atoms with Gasteiger partial charge in [-0.25, -0.2) is 0 Å². The first-order valence-electron chi connectivity index (χ1n) is 7.97. The van der Waals surface area contributed by atoms with Gasteiger partial charge in [-0.3, -0.25) is 9.80 Å². The molecule has 19 heavy (non-hydrogen) atoms. The predicted octanol–water partition coefficient (Wildman–Crippen LogP) is 1.05. The van der Waals surface area contributed by atoms with E-state index >= 15 is 0 Å². The molecular formula is C15H29N3O. The SMILES string of the molecule is CCOC1CC(CN)(N2CCC3CCC(C2)N3C)C1. The summed E-state index contributed by atoms with van der Waals surface area (Å²) >= 11 is 0. The third-order valence-corrected chi connectivity index (χ3v) is 5.82. The quantitative estimate of drug-likeness (QED) is 0.827. The number of likely N-dealkylation sites (tertiary alicyclic amines) is 1. The maximum atomic E-state index is 6.13. The monoisotopic (exact) mass is 267 g/mol. The first-order chi connectivity index (χ1) is 9.18. The van der Waals surface area contributed by atoms with Crippen molar-refractivity contribution in [2.75, 3.05) is 33.3 Å². The fourth-order valence-corrected chi connectivity index (χ4v) is 4.43. The zero-order valence-electron chi connectivity index (χ0n) is 12.5. The zero-order valence-corrected chi connectivity index (χ0v) is 12.5. The van der Waals surface area contributed by atoms with E-state index in [-0.39, 0.29) is 5.54 Å². The van der Waals surface area contributed by atoms with Crippen LogP contribution in [0.1, 0.15) is 39.0 Å². The van der Waals surface area contributed by atoms with Crippen LogP contribution in [0.5, 0.6) is 0 Å². The van der Waals surface area contributed by atoms with Crippen LogP contribution in [-0.2, 0) is 4.74 Å². The summed E-state index contributed by atoms with van der Waals surface area (Å²) in [5.74, 6) is 0. The second kappa shape index (κ2) is 5.32. The molecule has 2 N–H and O–H groups in total. The molecular weight excluding hydrogens is 238 g/mol. The van der Waals surface area contributed by atoms with Gasteiger partial charge in [-0.1, -0.05) is 0 Å². The first kappa shape index (κ1) is 13.8. The number of ether oxygens (including phenoxy) is 1. The minimum absolute atomic E-state index is 0.241. The number of hydrogen-bond acceptors (Lipinski definition) is 4. The van der Waals surface area contributed by atoms with Gasteiger partial charge in [-0.05, 0) is 46.1 Å². The first-order valence-corrected chi connectivity index (χ1v) is 7.97. The Kier molecular flexibility index (Phi) is 3.87. The number of nitrogens with zero attached hydrogens (tertiary/aromatic N) is 2. The third-order valence-electron chi connectivity index (χ3n) is 5.82. The molecule has 2 unspecified atom stereocenters. The molecule has 2 heterocycles. The van der Waals surface area contributed by atoms with Gasteiger partial charge < -0.3 is 10.5 Å². The Morgan fingerprint density at radius 3 is 2.63 bits per heavy atom. The Bertz CT molecular complexity index is 317. The normalized spacial score (nSPS) is 44.1. The van der Waals surface area contributed by atoms with Crippen molar-refractivity contribution in [2.24, 2.45) is 5.73 Å². The van der Waals surface area contributed by atoms with E-state index in [0.717, 1.165) is 38.1 Å². The summed E-state index contributed by atoms with van der Waals surface area (Å²) in [6, 6.07) is 1.56. The highest BCUT2D eigenvalue weighted by Crippen LogP contribution is 2.41. The largest absolute Gasteiger partial charge is 0.378 e. The Balaban J connectivity index is 1.65. The number of hydrogen-bond donors (Lipinski definition) is 1. The Morgan fingerprint density at radius 2 is 1.95 bits per heavy atom. The van der Waals surface area contributed by atoms with Gasteiger partial charge in [0.15, 0.2) is 0 Å². The highest BCUT2D eigenvalue weighted by Gasteiger charge is 2.50. The van der Waals surface area contributed by atoms with Crippen LogP contribution in [0.25, 0.3) is 0 Å². The van der Waals surface area contributed by atoms with Gasteiger partial charge in [0.2, 0.25) is 0 Å². The molecule has 1 aliphatic carbocycles. The predicted molar refractivity (Wildman–Crippen MR) is 77.2 cm³/mol. The van der Waals surface area contributed by atoms with Gasteiger partial charge in [0.1, 0.15) is 0 Å². The second-order valence-electron chi connectivity index (χ2n) is 6.70. The minimum atomic E-state index is 0.241. The number of rotatable bonds is 4. The molecule has 2 aliphatic heterocycles. The summed E-state index contributed by atoms with van der Waals surface area (Å²) in [5.41, 5.74) is 6.37. The molecule has 0 spiro atoms. The molecule has 0 aromatic heterocycles. The van der Waals surface area contributed by atoms with Crippen LogP contribution < -0.4 is 5.73 Å². The molecule has 0 aromatic carbocycles. The maximum absolute atomic E-state index is 6.13. The van der Waals surface area contributed by atoms with Gasteiger partial charge in [-0.2, -0.15) is 0 Å². The molecule has 4 heteroatoms. The van der Waals surface area contributed by atoms with Crippen molar-refractivity contribution < 1.29 is 4.74 Å². The third kappa shape index (κ3) is 2.33. The molecule has 0 radical (unpaired) electrons. The van der Waals surface area contributed by atoms with Crippen molar-refractivity contribution in [3.8, 4) is 0 Å². The second-order valence-corrected chi connectivity index (χ2v) is 6.70. The van der Waals surface area contributed by atoms with E-state index in [2.05, 4.69) is 23.8 Å². The smallest absolute Gasteiger partial charge is 0.0611 e. The molecule has 1 saturated carbocycles. The van der Waals surface area contributed by atoms with Gasteiger partial charge >= 0.3 is 0 Å². The average Bonchev–Trinajstić information content (AvgIpc) is 2.59. The van der Waals surface area contributed by atoms with Gasteiger partial charge in [-0.15, -0.1) is 0 Å². The molecule has 110 valence electrons. The highest BCUT2D eigenvalue weighted by atomic mass is 16.5. The lowest BCUT2D eigenvalue weighted by Gasteiger charge is -2.54. The van der Waals surface area contributed by atoms with E-state index in [1.54, 1.807) is 0 Å². The van der Waals surface area contributed by atoms with Crippen molar-refractivity contribution in [1.29, 1.82) is 0 Å². The van der Waals surface area contributed by atoms with E-state index in [9.17, 15) is 0 Å². The van der Waals surface area contributed by atoms with E-state index in [0.29, 0.717) is 6.10 Å². The van der Waals surface area contributed by atoms with Crippen molar-refractivity contribution in [1.82, 2.24) is 9.80 Å². The van der Waals surface area contributed by atoms with E-state index < -0.39 is 0 Å². The van der Waals surface area contributed by atoms with Crippen molar-refractivity contribution in [3.05, 3.63) is 0 Å². The molecule has 3 aliphatic rings. The summed E-state index contributed by atoms with van der Waals surface area (Å²) in [5, 5.41) is 0. The van der Waals surface area contributed by atoms with Crippen LogP contribution in [0.15, 0.2) is 0 Å². The van der Waals surface area contributed by atoms with Crippen molar-refractivity contribution in [3.63, 3.8) is 0 Å². The lowest BCUT2D eigenvalue weighted by atomic mass is 9.72. The summed E-state index contributed by atoms with van der Waals surface area (Å²) in [6.45, 7) is 6.14. The highest BCUT2D eigenvalue weighted by molar-refractivity contribution is 5.07. The molecule has 2 atom stereocenters. The van der Waals surface area contributed by atoms with Crippen LogP contribution >= 0.6 is 0 Å². The number of fused-ring (bicyclic) bond motifs is 2. The molecule has 0 aromatic rings. The van der Waals surface area contributed by atoms with Crippen molar-refractivity contribution >= 4 is 0 Å². The number of nitrogens with two attached hydrogens (primary N) is 1. The molecule has 4 nitrogen and oxygen atoms in total. The van der Waals surface area contributed by atoms with Gasteiger partial charge in [0.05, 0.1) is 6.10 Å². The lowest BCUT2D eigenvalue weighted by Crippen LogP contribution is -2.65. The van der Waals surface area contributed by atoms with Crippen LogP contribution in [-0.4, -0.2) is 66.8 Å². The molecule has 2 saturated heterocycles.